The predicted molar refractivity (Wildman–Crippen MR) is 135 cm³/mol. The van der Waals surface area contributed by atoms with Gasteiger partial charge in [-0.05, 0) is 45.8 Å². The lowest BCUT2D eigenvalue weighted by Gasteiger charge is -2.10. The molecule has 176 valence electrons. The number of carbonyl (C=O) groups is 2. The van der Waals surface area contributed by atoms with Crippen LogP contribution in [0.5, 0.6) is 5.75 Å². The van der Waals surface area contributed by atoms with Crippen LogP contribution in [0.1, 0.15) is 11.1 Å². The van der Waals surface area contributed by atoms with Gasteiger partial charge in [0.1, 0.15) is 12.4 Å². The third-order valence-corrected chi connectivity index (χ3v) is 8.21. The maximum atomic E-state index is 13.6. The number of ether oxygens (including phenoxy) is 1. The average Bonchev–Trinajstić information content (AvgIpc) is 3.34. The SMILES string of the molecule is CN1C(=O)C(Br)=C(c2cn(S(=O)(=O)c3ccccc3)c3cc(OCc4ccccc4)ccc23)C1=O. The molecule has 0 aliphatic carbocycles. The van der Waals surface area contributed by atoms with Crippen molar-refractivity contribution in [2.45, 2.75) is 11.5 Å². The van der Waals surface area contributed by atoms with Crippen LogP contribution in [0, 0.1) is 0 Å². The Kier molecular flexibility index (Phi) is 5.82. The number of hydrogen-bond donors (Lipinski definition) is 0. The summed E-state index contributed by atoms with van der Waals surface area (Å²) < 4.78 is 34.3. The summed E-state index contributed by atoms with van der Waals surface area (Å²) in [5, 5.41) is 0.500. The number of halogens is 1. The van der Waals surface area contributed by atoms with Gasteiger partial charge >= 0.3 is 0 Å². The number of nitrogens with zero attached hydrogens (tertiary/aromatic N) is 2. The van der Waals surface area contributed by atoms with Gasteiger partial charge in [-0.3, -0.25) is 14.5 Å². The van der Waals surface area contributed by atoms with Crippen LogP contribution >= 0.6 is 15.9 Å². The molecule has 0 saturated carbocycles. The molecule has 0 saturated heterocycles. The molecular weight excluding hydrogens is 532 g/mol. The van der Waals surface area contributed by atoms with E-state index >= 15 is 0 Å². The molecule has 5 rings (SSSR count). The number of hydrogen-bond acceptors (Lipinski definition) is 5. The van der Waals surface area contributed by atoms with E-state index in [1.807, 2.05) is 30.3 Å². The highest BCUT2D eigenvalue weighted by Gasteiger charge is 2.37. The molecule has 0 radical (unpaired) electrons. The summed E-state index contributed by atoms with van der Waals surface area (Å²) in [6.45, 7) is 0.305. The molecule has 0 unspecified atom stereocenters. The van der Waals surface area contributed by atoms with Crippen LogP contribution in [0.25, 0.3) is 16.5 Å². The van der Waals surface area contributed by atoms with Gasteiger partial charge in [-0.2, -0.15) is 0 Å². The number of likely N-dealkylation sites (N-methyl/N-ethyl adjacent to an activating group) is 1. The molecule has 0 N–H and O–H groups in total. The zero-order chi connectivity index (χ0) is 24.7. The van der Waals surface area contributed by atoms with Crippen molar-refractivity contribution in [2.24, 2.45) is 0 Å². The minimum Gasteiger partial charge on any atom is -0.489 e. The highest BCUT2D eigenvalue weighted by atomic mass is 79.9. The number of rotatable bonds is 6. The summed E-state index contributed by atoms with van der Waals surface area (Å²) >= 11 is 3.23. The number of amides is 2. The minimum atomic E-state index is -4.01. The summed E-state index contributed by atoms with van der Waals surface area (Å²) in [7, 11) is -2.62. The molecule has 0 spiro atoms. The van der Waals surface area contributed by atoms with Crippen LogP contribution in [-0.4, -0.2) is 36.2 Å². The Bertz CT molecular complexity index is 1610. The first-order valence-electron chi connectivity index (χ1n) is 10.6. The van der Waals surface area contributed by atoms with Crippen molar-refractivity contribution >= 4 is 54.2 Å². The normalized spacial score (nSPS) is 14.3. The van der Waals surface area contributed by atoms with Gasteiger partial charge in [0.15, 0.2) is 0 Å². The van der Waals surface area contributed by atoms with Crippen molar-refractivity contribution in [3.8, 4) is 5.75 Å². The topological polar surface area (TPSA) is 85.7 Å². The monoisotopic (exact) mass is 550 g/mol. The van der Waals surface area contributed by atoms with E-state index in [0.29, 0.717) is 28.8 Å². The van der Waals surface area contributed by atoms with Gasteiger partial charge in [0, 0.05) is 30.3 Å². The summed E-state index contributed by atoms with van der Waals surface area (Å²) in [5.41, 5.74) is 1.75. The number of fused-ring (bicyclic) bond motifs is 1. The zero-order valence-corrected chi connectivity index (χ0v) is 20.9. The summed E-state index contributed by atoms with van der Waals surface area (Å²) in [5.74, 6) is -0.531. The first kappa shape index (κ1) is 23.1. The quantitative estimate of drug-likeness (QED) is 0.328. The van der Waals surface area contributed by atoms with E-state index in [2.05, 4.69) is 15.9 Å². The van der Waals surface area contributed by atoms with Crippen molar-refractivity contribution in [1.29, 1.82) is 0 Å². The van der Waals surface area contributed by atoms with E-state index in [-0.39, 0.29) is 15.0 Å². The molecule has 1 aliphatic heterocycles. The molecule has 7 nitrogen and oxygen atoms in total. The van der Waals surface area contributed by atoms with Gasteiger partial charge in [-0.1, -0.05) is 48.5 Å². The molecule has 1 aromatic heterocycles. The second-order valence-electron chi connectivity index (χ2n) is 7.97. The highest BCUT2D eigenvalue weighted by Crippen LogP contribution is 2.39. The number of carbonyl (C=O) groups excluding carboxylic acids is 2. The molecule has 2 heterocycles. The zero-order valence-electron chi connectivity index (χ0n) is 18.5. The van der Waals surface area contributed by atoms with Crippen molar-refractivity contribution in [2.75, 3.05) is 7.05 Å². The lowest BCUT2D eigenvalue weighted by Crippen LogP contribution is -2.26. The van der Waals surface area contributed by atoms with Crippen LogP contribution < -0.4 is 4.74 Å². The molecule has 0 bridgehead atoms. The maximum Gasteiger partial charge on any atom is 0.268 e. The lowest BCUT2D eigenvalue weighted by atomic mass is 10.1. The van der Waals surface area contributed by atoms with Crippen molar-refractivity contribution in [3.63, 3.8) is 0 Å². The fourth-order valence-corrected chi connectivity index (χ4v) is 5.99. The van der Waals surface area contributed by atoms with E-state index in [4.69, 9.17) is 4.74 Å². The second-order valence-corrected chi connectivity index (χ2v) is 10.6. The molecule has 9 heteroatoms. The summed E-state index contributed by atoms with van der Waals surface area (Å²) in [4.78, 5) is 26.3. The highest BCUT2D eigenvalue weighted by molar-refractivity contribution is 9.12. The van der Waals surface area contributed by atoms with E-state index in [1.54, 1.807) is 36.4 Å². The third-order valence-electron chi connectivity index (χ3n) is 5.79. The summed E-state index contributed by atoms with van der Waals surface area (Å²) in [6, 6.07) is 22.7. The van der Waals surface area contributed by atoms with Gasteiger partial charge in [0.2, 0.25) is 0 Å². The van der Waals surface area contributed by atoms with Crippen LogP contribution in [-0.2, 0) is 26.2 Å². The van der Waals surface area contributed by atoms with E-state index in [1.165, 1.54) is 25.4 Å². The fraction of sp³-hybridized carbons (Fsp3) is 0.0769. The van der Waals surface area contributed by atoms with Gasteiger partial charge in [-0.25, -0.2) is 12.4 Å². The van der Waals surface area contributed by atoms with E-state index in [0.717, 1.165) is 14.4 Å². The Hall–Kier alpha value is -3.69. The van der Waals surface area contributed by atoms with Gasteiger partial charge in [0.05, 0.1) is 20.5 Å². The largest absolute Gasteiger partial charge is 0.489 e. The Morgan fingerprint density at radius 1 is 0.886 bits per heavy atom. The number of aromatic nitrogens is 1. The van der Waals surface area contributed by atoms with Crippen molar-refractivity contribution in [3.05, 3.63) is 101 Å². The molecule has 35 heavy (non-hydrogen) atoms. The predicted octanol–water partition coefficient (Wildman–Crippen LogP) is 4.56. The van der Waals surface area contributed by atoms with Crippen molar-refractivity contribution in [1.82, 2.24) is 8.87 Å². The molecule has 4 aromatic rings. The standard InChI is InChI=1S/C26H19BrN2O5S/c1-28-25(30)23(24(27)26(28)31)21-15-29(35(32,33)19-10-6-3-7-11-19)22-14-18(12-13-20(21)22)34-16-17-8-4-2-5-9-17/h2-15H,16H2,1H3. The molecule has 0 fully saturated rings. The second kappa shape index (κ2) is 8.83. The lowest BCUT2D eigenvalue weighted by molar-refractivity contribution is -0.134. The number of benzene rings is 3. The molecule has 2 amide bonds. The molecule has 3 aromatic carbocycles. The first-order valence-corrected chi connectivity index (χ1v) is 12.9. The van der Waals surface area contributed by atoms with Gasteiger partial charge in [0.25, 0.3) is 21.8 Å². The Morgan fingerprint density at radius 3 is 2.17 bits per heavy atom. The van der Waals surface area contributed by atoms with Crippen LogP contribution in [0.3, 0.4) is 0 Å². The maximum absolute atomic E-state index is 13.6. The van der Waals surface area contributed by atoms with Crippen molar-refractivity contribution < 1.29 is 22.7 Å². The Labute approximate surface area is 210 Å². The Balaban J connectivity index is 1.68. The molecule has 1 aliphatic rings. The fourth-order valence-electron chi connectivity index (χ4n) is 3.95. The smallest absolute Gasteiger partial charge is 0.268 e. The van der Waals surface area contributed by atoms with Gasteiger partial charge in [-0.15, -0.1) is 0 Å². The number of imide groups is 1. The van der Waals surface area contributed by atoms with E-state index < -0.39 is 21.8 Å². The van der Waals surface area contributed by atoms with Crippen LogP contribution in [0.15, 0.2) is 94.4 Å². The van der Waals surface area contributed by atoms with Crippen LogP contribution in [0.4, 0.5) is 0 Å². The van der Waals surface area contributed by atoms with E-state index in [9.17, 15) is 18.0 Å². The van der Waals surface area contributed by atoms with Gasteiger partial charge < -0.3 is 4.74 Å². The Morgan fingerprint density at radius 2 is 1.54 bits per heavy atom. The minimum absolute atomic E-state index is 0.0885. The molecular formula is C26H19BrN2O5S. The average molecular weight is 551 g/mol. The summed E-state index contributed by atoms with van der Waals surface area (Å²) in [6.07, 6.45) is 1.38. The first-order chi connectivity index (χ1) is 16.8. The molecule has 0 atom stereocenters. The third kappa shape index (κ3) is 3.96. The van der Waals surface area contributed by atoms with Crippen LogP contribution in [0.2, 0.25) is 0 Å².